The standard InChI is InChI=1S/C16H33NO/c1-6-10-11-12-13-14-15(17-8-3)16(5,7-2)18-9-4/h6,15,17H,1,7-14H2,2-5H3. The summed E-state index contributed by atoms with van der Waals surface area (Å²) >= 11 is 0. The van der Waals surface area contributed by atoms with Crippen LogP contribution in [0.2, 0.25) is 0 Å². The van der Waals surface area contributed by atoms with E-state index < -0.39 is 0 Å². The van der Waals surface area contributed by atoms with Gasteiger partial charge >= 0.3 is 0 Å². The van der Waals surface area contributed by atoms with E-state index in [4.69, 9.17) is 4.74 Å². The van der Waals surface area contributed by atoms with Crippen molar-refractivity contribution in [3.05, 3.63) is 12.7 Å². The zero-order chi connectivity index (χ0) is 13.9. The Balaban J connectivity index is 4.21. The molecule has 0 spiro atoms. The highest BCUT2D eigenvalue weighted by molar-refractivity contribution is 4.88. The van der Waals surface area contributed by atoms with Crippen LogP contribution in [-0.4, -0.2) is 24.8 Å². The van der Waals surface area contributed by atoms with Crippen LogP contribution in [-0.2, 0) is 4.74 Å². The molecule has 2 heteroatoms. The molecule has 0 aliphatic carbocycles. The van der Waals surface area contributed by atoms with Crippen molar-refractivity contribution in [2.45, 2.75) is 77.9 Å². The molecule has 0 aliphatic heterocycles. The monoisotopic (exact) mass is 255 g/mol. The van der Waals surface area contributed by atoms with Crippen LogP contribution in [0.3, 0.4) is 0 Å². The minimum atomic E-state index is -0.0246. The van der Waals surface area contributed by atoms with Gasteiger partial charge in [0.05, 0.1) is 5.60 Å². The van der Waals surface area contributed by atoms with Gasteiger partial charge in [-0.2, -0.15) is 0 Å². The highest BCUT2D eigenvalue weighted by Gasteiger charge is 2.31. The maximum Gasteiger partial charge on any atom is 0.0803 e. The number of likely N-dealkylation sites (N-methyl/N-ethyl adjacent to an activating group) is 1. The third kappa shape index (κ3) is 6.55. The van der Waals surface area contributed by atoms with Crippen LogP contribution >= 0.6 is 0 Å². The summed E-state index contributed by atoms with van der Waals surface area (Å²) in [6.07, 6.45) is 9.24. The molecule has 0 aromatic rings. The largest absolute Gasteiger partial charge is 0.374 e. The number of nitrogens with one attached hydrogen (secondary N) is 1. The summed E-state index contributed by atoms with van der Waals surface area (Å²) < 4.78 is 5.99. The minimum Gasteiger partial charge on any atom is -0.374 e. The predicted octanol–water partition coefficient (Wildman–Crippen LogP) is 4.31. The molecule has 2 unspecified atom stereocenters. The van der Waals surface area contributed by atoms with E-state index in [0.717, 1.165) is 26.0 Å². The molecule has 0 amide bonds. The average Bonchev–Trinajstić information content (AvgIpc) is 2.37. The van der Waals surface area contributed by atoms with Gasteiger partial charge in [-0.05, 0) is 46.1 Å². The van der Waals surface area contributed by atoms with Gasteiger partial charge in [-0.3, -0.25) is 0 Å². The van der Waals surface area contributed by atoms with Crippen molar-refractivity contribution >= 4 is 0 Å². The molecule has 2 atom stereocenters. The lowest BCUT2D eigenvalue weighted by molar-refractivity contribution is -0.0571. The van der Waals surface area contributed by atoms with Crippen molar-refractivity contribution in [2.24, 2.45) is 0 Å². The van der Waals surface area contributed by atoms with Crippen molar-refractivity contribution in [3.63, 3.8) is 0 Å². The second-order valence-electron chi connectivity index (χ2n) is 5.14. The first-order valence-electron chi connectivity index (χ1n) is 7.62. The number of ether oxygens (including phenoxy) is 1. The molecule has 1 N–H and O–H groups in total. The molecule has 0 heterocycles. The van der Waals surface area contributed by atoms with Gasteiger partial charge in [0.25, 0.3) is 0 Å². The third-order valence-electron chi connectivity index (χ3n) is 3.76. The van der Waals surface area contributed by atoms with Gasteiger partial charge in [0.15, 0.2) is 0 Å². The Morgan fingerprint density at radius 3 is 2.44 bits per heavy atom. The van der Waals surface area contributed by atoms with Gasteiger partial charge in [-0.1, -0.05) is 32.8 Å². The first-order chi connectivity index (χ1) is 8.64. The van der Waals surface area contributed by atoms with Crippen LogP contribution in [0, 0.1) is 0 Å². The third-order valence-corrected chi connectivity index (χ3v) is 3.76. The maximum absolute atomic E-state index is 5.99. The quantitative estimate of drug-likeness (QED) is 0.414. The van der Waals surface area contributed by atoms with Crippen molar-refractivity contribution < 1.29 is 4.74 Å². The summed E-state index contributed by atoms with van der Waals surface area (Å²) in [5, 5.41) is 3.60. The van der Waals surface area contributed by atoms with E-state index in [1.807, 2.05) is 6.08 Å². The Morgan fingerprint density at radius 2 is 1.94 bits per heavy atom. The van der Waals surface area contributed by atoms with E-state index in [0.29, 0.717) is 6.04 Å². The zero-order valence-electron chi connectivity index (χ0n) is 12.9. The van der Waals surface area contributed by atoms with Crippen LogP contribution < -0.4 is 5.32 Å². The summed E-state index contributed by atoms with van der Waals surface area (Å²) in [7, 11) is 0. The SMILES string of the molecule is C=CCCCCCC(NCC)C(C)(CC)OCC. The predicted molar refractivity (Wildman–Crippen MR) is 81.1 cm³/mol. The molecule has 2 nitrogen and oxygen atoms in total. The number of unbranched alkanes of at least 4 members (excludes halogenated alkanes) is 3. The van der Waals surface area contributed by atoms with E-state index >= 15 is 0 Å². The molecule has 0 radical (unpaired) electrons. The zero-order valence-corrected chi connectivity index (χ0v) is 12.9. The summed E-state index contributed by atoms with van der Waals surface area (Å²) in [4.78, 5) is 0. The molecule has 0 fully saturated rings. The second-order valence-corrected chi connectivity index (χ2v) is 5.14. The van der Waals surface area contributed by atoms with Gasteiger partial charge in [0.1, 0.15) is 0 Å². The normalized spacial score (nSPS) is 16.2. The van der Waals surface area contributed by atoms with Crippen molar-refractivity contribution in [1.82, 2.24) is 5.32 Å². The van der Waals surface area contributed by atoms with E-state index in [2.05, 4.69) is 39.6 Å². The minimum absolute atomic E-state index is 0.0246. The van der Waals surface area contributed by atoms with Crippen molar-refractivity contribution in [1.29, 1.82) is 0 Å². The number of allylic oxidation sites excluding steroid dienone is 1. The summed E-state index contributed by atoms with van der Waals surface area (Å²) in [5.41, 5.74) is -0.0246. The fourth-order valence-electron chi connectivity index (χ4n) is 2.46. The molecular formula is C16H33NO. The molecular weight excluding hydrogens is 222 g/mol. The summed E-state index contributed by atoms with van der Waals surface area (Å²) in [6, 6.07) is 0.469. The highest BCUT2D eigenvalue weighted by Crippen LogP contribution is 2.24. The van der Waals surface area contributed by atoms with Crippen LogP contribution in [0.1, 0.15) is 66.2 Å². The van der Waals surface area contributed by atoms with Crippen molar-refractivity contribution in [2.75, 3.05) is 13.2 Å². The summed E-state index contributed by atoms with van der Waals surface area (Å²) in [5.74, 6) is 0. The highest BCUT2D eigenvalue weighted by atomic mass is 16.5. The smallest absolute Gasteiger partial charge is 0.0803 e. The molecule has 0 saturated heterocycles. The number of hydrogen-bond acceptors (Lipinski definition) is 2. The Bertz CT molecular complexity index is 205. The Morgan fingerprint density at radius 1 is 1.22 bits per heavy atom. The summed E-state index contributed by atoms with van der Waals surface area (Å²) in [6.45, 7) is 14.3. The lowest BCUT2D eigenvalue weighted by Gasteiger charge is -2.37. The van der Waals surface area contributed by atoms with E-state index in [-0.39, 0.29) is 5.60 Å². The van der Waals surface area contributed by atoms with Gasteiger partial charge in [-0.15, -0.1) is 6.58 Å². The topological polar surface area (TPSA) is 21.3 Å². The Hall–Kier alpha value is -0.340. The van der Waals surface area contributed by atoms with Gasteiger partial charge < -0.3 is 10.1 Å². The average molecular weight is 255 g/mol. The van der Waals surface area contributed by atoms with Crippen LogP contribution in [0.25, 0.3) is 0 Å². The van der Waals surface area contributed by atoms with Crippen LogP contribution in [0.4, 0.5) is 0 Å². The second kappa shape index (κ2) is 10.6. The Labute approximate surface area is 114 Å². The molecule has 0 aromatic carbocycles. The van der Waals surface area contributed by atoms with Crippen molar-refractivity contribution in [3.8, 4) is 0 Å². The number of hydrogen-bond donors (Lipinski definition) is 1. The fourth-order valence-corrected chi connectivity index (χ4v) is 2.46. The fraction of sp³-hybridized carbons (Fsp3) is 0.875. The van der Waals surface area contributed by atoms with E-state index in [1.165, 1.54) is 25.7 Å². The molecule has 18 heavy (non-hydrogen) atoms. The van der Waals surface area contributed by atoms with Crippen LogP contribution in [0.5, 0.6) is 0 Å². The lowest BCUT2D eigenvalue weighted by atomic mass is 9.88. The van der Waals surface area contributed by atoms with E-state index in [1.54, 1.807) is 0 Å². The van der Waals surface area contributed by atoms with Gasteiger partial charge in [0, 0.05) is 12.6 Å². The first-order valence-corrected chi connectivity index (χ1v) is 7.62. The molecule has 0 bridgehead atoms. The van der Waals surface area contributed by atoms with Crippen LogP contribution in [0.15, 0.2) is 12.7 Å². The molecule has 108 valence electrons. The van der Waals surface area contributed by atoms with Gasteiger partial charge in [0.2, 0.25) is 0 Å². The Kier molecular flexibility index (Phi) is 10.4. The number of rotatable bonds is 12. The van der Waals surface area contributed by atoms with E-state index in [9.17, 15) is 0 Å². The molecule has 0 aromatic heterocycles. The molecule has 0 rings (SSSR count). The maximum atomic E-state index is 5.99. The lowest BCUT2D eigenvalue weighted by Crippen LogP contribution is -2.50. The first kappa shape index (κ1) is 17.7. The molecule has 0 saturated carbocycles. The molecule has 0 aliphatic rings. The van der Waals surface area contributed by atoms with Gasteiger partial charge in [-0.25, -0.2) is 0 Å².